The number of rotatable bonds is 16. The van der Waals surface area contributed by atoms with Crippen LogP contribution in [0.2, 0.25) is 0 Å². The van der Waals surface area contributed by atoms with Crippen molar-refractivity contribution in [1.29, 1.82) is 0 Å². The van der Waals surface area contributed by atoms with Crippen molar-refractivity contribution >= 4 is 29.9 Å². The third-order valence-corrected chi connectivity index (χ3v) is 5.11. The molecule has 0 heterocycles. The fraction of sp³-hybridized carbons (Fsp3) is 0.952. The minimum Gasteiger partial charge on any atom is -0.382 e. The molecule has 1 saturated carbocycles. The zero-order chi connectivity index (χ0) is 19.6. The first-order valence-corrected chi connectivity index (χ1v) is 11.0. The maximum absolute atomic E-state index is 5.62. The maximum atomic E-state index is 5.62. The van der Waals surface area contributed by atoms with Crippen LogP contribution in [0.4, 0.5) is 0 Å². The number of nitrogens with zero attached hydrogens (tertiary/aromatic N) is 1. The van der Waals surface area contributed by atoms with Gasteiger partial charge in [0.05, 0.1) is 19.8 Å². The first-order chi connectivity index (χ1) is 13.3. The van der Waals surface area contributed by atoms with Crippen molar-refractivity contribution in [2.24, 2.45) is 10.4 Å². The van der Waals surface area contributed by atoms with E-state index in [9.17, 15) is 0 Å². The van der Waals surface area contributed by atoms with E-state index in [1.54, 1.807) is 0 Å². The van der Waals surface area contributed by atoms with Crippen LogP contribution in [0.25, 0.3) is 0 Å². The van der Waals surface area contributed by atoms with Gasteiger partial charge >= 0.3 is 0 Å². The molecule has 28 heavy (non-hydrogen) atoms. The second-order valence-electron chi connectivity index (χ2n) is 7.35. The monoisotopic (exact) mass is 513 g/mol. The third-order valence-electron chi connectivity index (χ3n) is 5.11. The number of hydrogen-bond acceptors (Lipinski definition) is 4. The van der Waals surface area contributed by atoms with Gasteiger partial charge in [-0.1, -0.05) is 26.2 Å². The van der Waals surface area contributed by atoms with Gasteiger partial charge < -0.3 is 24.8 Å². The SMILES string of the molecule is CCCCOCCOCCNC(=NCC1(CCOCC)CCCC1)NCC.I. The minimum atomic E-state index is 0. The van der Waals surface area contributed by atoms with Crippen molar-refractivity contribution in [3.8, 4) is 0 Å². The Balaban J connectivity index is 0.00000729. The van der Waals surface area contributed by atoms with E-state index in [1.807, 2.05) is 0 Å². The Kier molecular flexibility index (Phi) is 18.8. The van der Waals surface area contributed by atoms with Crippen LogP contribution in [0.5, 0.6) is 0 Å². The zero-order valence-corrected chi connectivity index (χ0v) is 20.7. The molecule has 0 aliphatic heterocycles. The number of nitrogens with one attached hydrogen (secondary N) is 2. The highest BCUT2D eigenvalue weighted by Gasteiger charge is 2.33. The summed E-state index contributed by atoms with van der Waals surface area (Å²) in [7, 11) is 0. The summed E-state index contributed by atoms with van der Waals surface area (Å²) in [6, 6.07) is 0. The van der Waals surface area contributed by atoms with Gasteiger partial charge in [-0.2, -0.15) is 0 Å². The first-order valence-electron chi connectivity index (χ1n) is 11.0. The summed E-state index contributed by atoms with van der Waals surface area (Å²) >= 11 is 0. The number of ether oxygens (including phenoxy) is 3. The van der Waals surface area contributed by atoms with Crippen LogP contribution in [0.1, 0.15) is 65.7 Å². The molecule has 0 amide bonds. The lowest BCUT2D eigenvalue weighted by atomic mass is 9.83. The van der Waals surface area contributed by atoms with Gasteiger partial charge in [-0.25, -0.2) is 0 Å². The van der Waals surface area contributed by atoms with Crippen LogP contribution in [0.15, 0.2) is 4.99 Å². The molecule has 7 heteroatoms. The van der Waals surface area contributed by atoms with E-state index in [4.69, 9.17) is 19.2 Å². The molecule has 1 rings (SSSR count). The molecule has 2 N–H and O–H groups in total. The predicted molar refractivity (Wildman–Crippen MR) is 128 cm³/mol. The van der Waals surface area contributed by atoms with Crippen molar-refractivity contribution in [3.05, 3.63) is 0 Å². The third kappa shape index (κ3) is 13.2. The van der Waals surface area contributed by atoms with Gasteiger partial charge in [0.2, 0.25) is 0 Å². The molecule has 0 radical (unpaired) electrons. The standard InChI is InChI=1S/C21H43N3O3.HI/c1-4-7-14-26-17-18-27-16-13-23-20(22-5-2)24-19-21(10-8-9-11-21)12-15-25-6-3;/h4-19H2,1-3H3,(H2,22,23,24);1H. The average Bonchev–Trinajstić information content (AvgIpc) is 3.14. The van der Waals surface area contributed by atoms with Gasteiger partial charge in [0, 0.05) is 39.5 Å². The van der Waals surface area contributed by atoms with Crippen molar-refractivity contribution < 1.29 is 14.2 Å². The van der Waals surface area contributed by atoms with Crippen LogP contribution in [0.3, 0.4) is 0 Å². The molecule has 168 valence electrons. The molecule has 6 nitrogen and oxygen atoms in total. The van der Waals surface area contributed by atoms with E-state index in [0.29, 0.717) is 25.2 Å². The molecule has 0 spiro atoms. The average molecular weight is 514 g/mol. The highest BCUT2D eigenvalue weighted by atomic mass is 127. The summed E-state index contributed by atoms with van der Waals surface area (Å²) in [6.07, 6.45) is 8.58. The quantitative estimate of drug-likeness (QED) is 0.142. The molecule has 1 aliphatic carbocycles. The number of guanidine groups is 1. The Labute approximate surface area is 190 Å². The summed E-state index contributed by atoms with van der Waals surface area (Å²) in [5, 5.41) is 6.73. The van der Waals surface area contributed by atoms with Crippen LogP contribution >= 0.6 is 24.0 Å². The number of halogens is 1. The Morgan fingerprint density at radius 2 is 1.61 bits per heavy atom. The Morgan fingerprint density at radius 3 is 2.25 bits per heavy atom. The summed E-state index contributed by atoms with van der Waals surface area (Å²) in [4.78, 5) is 4.87. The van der Waals surface area contributed by atoms with Crippen molar-refractivity contribution in [2.45, 2.75) is 65.7 Å². The smallest absolute Gasteiger partial charge is 0.191 e. The van der Waals surface area contributed by atoms with Crippen molar-refractivity contribution in [1.82, 2.24) is 10.6 Å². The van der Waals surface area contributed by atoms with Crippen LogP contribution in [0, 0.1) is 5.41 Å². The molecule has 0 bridgehead atoms. The number of aliphatic imine (C=N–C) groups is 1. The summed E-state index contributed by atoms with van der Waals surface area (Å²) in [5.74, 6) is 0.892. The van der Waals surface area contributed by atoms with Crippen LogP contribution < -0.4 is 10.6 Å². The first kappa shape index (κ1) is 27.9. The molecule has 0 saturated heterocycles. The minimum absolute atomic E-state index is 0. The molecule has 1 aliphatic rings. The number of unbranched alkanes of at least 4 members (excludes halogenated alkanes) is 1. The van der Waals surface area contributed by atoms with Gasteiger partial charge in [0.25, 0.3) is 0 Å². The maximum Gasteiger partial charge on any atom is 0.191 e. The molecular formula is C21H44IN3O3. The van der Waals surface area contributed by atoms with Gasteiger partial charge in [0.15, 0.2) is 5.96 Å². The molecule has 0 unspecified atom stereocenters. The summed E-state index contributed by atoms with van der Waals surface area (Å²) in [5.41, 5.74) is 0.323. The number of hydrogen-bond donors (Lipinski definition) is 2. The second kappa shape index (κ2) is 18.9. The second-order valence-corrected chi connectivity index (χ2v) is 7.35. The lowest BCUT2D eigenvalue weighted by molar-refractivity contribution is 0.0487. The molecule has 0 aromatic rings. The van der Waals surface area contributed by atoms with Crippen molar-refractivity contribution in [2.75, 3.05) is 59.3 Å². The normalized spacial score (nSPS) is 16.0. The summed E-state index contributed by atoms with van der Waals surface area (Å²) in [6.45, 7) is 13.3. The van der Waals surface area contributed by atoms with E-state index >= 15 is 0 Å². The molecule has 0 aromatic heterocycles. The van der Waals surface area contributed by atoms with E-state index in [0.717, 1.165) is 58.3 Å². The molecule has 1 fully saturated rings. The van der Waals surface area contributed by atoms with Gasteiger partial charge in [-0.05, 0) is 44.9 Å². The van der Waals surface area contributed by atoms with Crippen molar-refractivity contribution in [3.63, 3.8) is 0 Å². The van der Waals surface area contributed by atoms with Crippen LogP contribution in [-0.4, -0.2) is 65.2 Å². The van der Waals surface area contributed by atoms with Gasteiger partial charge in [0.1, 0.15) is 0 Å². The lowest BCUT2D eigenvalue weighted by Crippen LogP contribution is -2.40. The Hall–Kier alpha value is -0.120. The Bertz CT molecular complexity index is 378. The predicted octanol–water partition coefficient (Wildman–Crippen LogP) is 3.98. The lowest BCUT2D eigenvalue weighted by Gasteiger charge is -2.27. The van der Waals surface area contributed by atoms with Crippen LogP contribution in [-0.2, 0) is 14.2 Å². The fourth-order valence-corrected chi connectivity index (χ4v) is 3.44. The Morgan fingerprint density at radius 1 is 0.893 bits per heavy atom. The van der Waals surface area contributed by atoms with E-state index in [1.165, 1.54) is 32.1 Å². The van der Waals surface area contributed by atoms with E-state index in [-0.39, 0.29) is 24.0 Å². The topological polar surface area (TPSA) is 64.1 Å². The largest absolute Gasteiger partial charge is 0.382 e. The molecule has 0 aromatic carbocycles. The molecule has 0 atom stereocenters. The highest BCUT2D eigenvalue weighted by molar-refractivity contribution is 14.0. The summed E-state index contributed by atoms with van der Waals surface area (Å²) < 4.78 is 16.7. The van der Waals surface area contributed by atoms with Gasteiger partial charge in [-0.15, -0.1) is 24.0 Å². The fourth-order valence-electron chi connectivity index (χ4n) is 3.44. The zero-order valence-electron chi connectivity index (χ0n) is 18.4. The molecular weight excluding hydrogens is 469 g/mol. The van der Waals surface area contributed by atoms with E-state index < -0.39 is 0 Å². The highest BCUT2D eigenvalue weighted by Crippen LogP contribution is 2.41. The van der Waals surface area contributed by atoms with E-state index in [2.05, 4.69) is 31.4 Å². The van der Waals surface area contributed by atoms with Gasteiger partial charge in [-0.3, -0.25) is 4.99 Å².